The van der Waals surface area contributed by atoms with E-state index in [9.17, 15) is 14.4 Å². The Balaban J connectivity index is 1.46. The van der Waals surface area contributed by atoms with Gasteiger partial charge < -0.3 is 24.8 Å². The van der Waals surface area contributed by atoms with Crippen LogP contribution in [0.5, 0.6) is 11.5 Å². The molecule has 3 aromatic rings. The largest absolute Gasteiger partial charge is 0.495 e. The quantitative estimate of drug-likeness (QED) is 0.200. The second-order valence-corrected chi connectivity index (χ2v) is 14.5. The van der Waals surface area contributed by atoms with E-state index in [1.807, 2.05) is 39.0 Å². The average Bonchev–Trinajstić information content (AvgIpc) is 3.09. The Morgan fingerprint density at radius 1 is 1.04 bits per heavy atom. The Labute approximate surface area is 309 Å². The van der Waals surface area contributed by atoms with Gasteiger partial charge in [-0.15, -0.1) is 0 Å². The van der Waals surface area contributed by atoms with E-state index in [0.29, 0.717) is 47.2 Å². The second kappa shape index (κ2) is 16.4. The number of nitrogens with one attached hydrogen (secondary N) is 2. The van der Waals surface area contributed by atoms with Crippen LogP contribution in [0.4, 0.5) is 26.8 Å². The van der Waals surface area contributed by atoms with Gasteiger partial charge in [0.2, 0.25) is 5.91 Å². The zero-order chi connectivity index (χ0) is 36.9. The van der Waals surface area contributed by atoms with E-state index >= 15 is 0 Å². The van der Waals surface area contributed by atoms with Crippen molar-refractivity contribution < 1.29 is 28.6 Å². The predicted molar refractivity (Wildman–Crippen MR) is 198 cm³/mol. The molecule has 0 bridgehead atoms. The smallest absolute Gasteiger partial charge is 0.407 e. The first-order valence-corrected chi connectivity index (χ1v) is 18.0. The van der Waals surface area contributed by atoms with E-state index < -0.39 is 17.7 Å². The van der Waals surface area contributed by atoms with Crippen LogP contribution >= 0.6 is 23.2 Å². The third-order valence-corrected chi connectivity index (χ3v) is 9.71. The van der Waals surface area contributed by atoms with Crippen LogP contribution in [0.3, 0.4) is 0 Å². The van der Waals surface area contributed by atoms with Crippen molar-refractivity contribution in [2.24, 2.45) is 5.92 Å². The minimum Gasteiger partial charge on any atom is -0.495 e. The number of urea groups is 1. The molecule has 2 aliphatic rings. The van der Waals surface area contributed by atoms with E-state index in [0.717, 1.165) is 37.7 Å². The van der Waals surface area contributed by atoms with Gasteiger partial charge in [-0.3, -0.25) is 14.6 Å². The predicted octanol–water partition coefficient (Wildman–Crippen LogP) is 8.31. The SMILES string of the molecule is CCC(=O)Nc1cccc(CN2C(=O)N(c3c(Cl)c(OC)cc(OC)c3Cl)Cc3cnc(CCC4CCCCC4NC(=O)OC(C)(C)C)nc32)c1. The number of methoxy groups -OCH3 is 2. The molecule has 1 saturated carbocycles. The van der Waals surface area contributed by atoms with Crippen molar-refractivity contribution >= 4 is 58.4 Å². The summed E-state index contributed by atoms with van der Waals surface area (Å²) in [5.74, 6) is 1.76. The number of hydrogen-bond acceptors (Lipinski definition) is 8. The number of carbonyl (C=O) groups excluding carboxylic acids is 3. The van der Waals surface area contributed by atoms with Gasteiger partial charge >= 0.3 is 12.1 Å². The van der Waals surface area contributed by atoms with Crippen LogP contribution < -0.4 is 29.9 Å². The van der Waals surface area contributed by atoms with Crippen LogP contribution in [0.2, 0.25) is 10.0 Å². The highest BCUT2D eigenvalue weighted by atomic mass is 35.5. The van der Waals surface area contributed by atoms with Gasteiger partial charge in [-0.25, -0.2) is 19.6 Å². The van der Waals surface area contributed by atoms with Crippen molar-refractivity contribution in [2.45, 2.75) is 97.4 Å². The van der Waals surface area contributed by atoms with Crippen LogP contribution in [-0.4, -0.2) is 53.9 Å². The maximum absolute atomic E-state index is 14.5. The molecule has 1 fully saturated rings. The fourth-order valence-corrected chi connectivity index (χ4v) is 7.20. The van der Waals surface area contributed by atoms with Crippen LogP contribution in [-0.2, 0) is 29.0 Å². The molecule has 5 rings (SSSR count). The van der Waals surface area contributed by atoms with E-state index in [-0.39, 0.29) is 46.7 Å². The number of halogens is 2. The van der Waals surface area contributed by atoms with Gasteiger partial charge in [-0.2, -0.15) is 0 Å². The summed E-state index contributed by atoms with van der Waals surface area (Å²) in [5.41, 5.74) is 1.73. The third kappa shape index (κ3) is 9.15. The van der Waals surface area contributed by atoms with Crippen molar-refractivity contribution in [3.05, 3.63) is 63.5 Å². The van der Waals surface area contributed by atoms with E-state index in [1.165, 1.54) is 19.1 Å². The number of amides is 4. The van der Waals surface area contributed by atoms with Crippen molar-refractivity contribution in [3.63, 3.8) is 0 Å². The standard InChI is InChI=1S/C37H46Cl2N6O6/c1-7-30(46)41-25-13-10-11-22(17-25)20-45-34-24(21-44(36(45)48)33-31(38)27(49-5)18-28(50-6)32(33)39)19-40-29(43-34)16-15-23-12-8-9-14-26(23)42-35(47)51-37(2,3)4/h10-11,13,17-19,23,26H,7-9,12,14-16,20-21H2,1-6H3,(H,41,46)(H,42,47). The summed E-state index contributed by atoms with van der Waals surface area (Å²) in [6, 6.07) is 8.48. The summed E-state index contributed by atoms with van der Waals surface area (Å²) in [5, 5.41) is 6.29. The number of carbonyl (C=O) groups is 3. The summed E-state index contributed by atoms with van der Waals surface area (Å²) >= 11 is 13.6. The first-order valence-electron chi connectivity index (χ1n) is 17.2. The molecule has 1 aliphatic heterocycles. The number of aromatic nitrogens is 2. The Morgan fingerprint density at radius 3 is 2.41 bits per heavy atom. The zero-order valence-electron chi connectivity index (χ0n) is 30.0. The van der Waals surface area contributed by atoms with E-state index in [2.05, 4.69) is 10.6 Å². The van der Waals surface area contributed by atoms with Crippen LogP contribution in [0, 0.1) is 5.92 Å². The van der Waals surface area contributed by atoms with Gasteiger partial charge in [-0.05, 0) is 63.6 Å². The van der Waals surface area contributed by atoms with Gasteiger partial charge in [-0.1, -0.05) is 55.1 Å². The molecule has 2 atom stereocenters. The lowest BCUT2D eigenvalue weighted by Gasteiger charge is -2.37. The molecule has 1 aliphatic carbocycles. The molecule has 51 heavy (non-hydrogen) atoms. The Hall–Kier alpha value is -4.29. The number of ether oxygens (including phenoxy) is 3. The van der Waals surface area contributed by atoms with Gasteiger partial charge in [0.25, 0.3) is 0 Å². The summed E-state index contributed by atoms with van der Waals surface area (Å²) < 4.78 is 16.5. The highest BCUT2D eigenvalue weighted by Gasteiger charge is 2.37. The molecular formula is C37H46Cl2N6O6. The lowest BCUT2D eigenvalue weighted by Crippen LogP contribution is -2.48. The summed E-state index contributed by atoms with van der Waals surface area (Å²) in [6.07, 6.45) is 6.95. The average molecular weight is 742 g/mol. The van der Waals surface area contributed by atoms with E-state index in [1.54, 1.807) is 30.2 Å². The Kier molecular flexibility index (Phi) is 12.2. The fourth-order valence-electron chi connectivity index (χ4n) is 6.50. The molecule has 4 amide bonds. The molecule has 274 valence electrons. The maximum atomic E-state index is 14.5. The normalized spacial score (nSPS) is 17.5. The number of benzene rings is 2. The molecule has 2 unspecified atom stereocenters. The third-order valence-electron chi connectivity index (χ3n) is 8.98. The number of anilines is 3. The van der Waals surface area contributed by atoms with Crippen LogP contribution in [0.25, 0.3) is 0 Å². The number of hydrogen-bond donors (Lipinski definition) is 2. The molecule has 1 aromatic heterocycles. The monoisotopic (exact) mass is 740 g/mol. The van der Waals surface area contributed by atoms with Gasteiger partial charge in [0.15, 0.2) is 0 Å². The van der Waals surface area contributed by atoms with E-state index in [4.69, 9.17) is 47.4 Å². The summed E-state index contributed by atoms with van der Waals surface area (Å²) in [7, 11) is 2.95. The highest BCUT2D eigenvalue weighted by Crippen LogP contribution is 2.48. The van der Waals surface area contributed by atoms with Gasteiger partial charge in [0.1, 0.15) is 38.8 Å². The maximum Gasteiger partial charge on any atom is 0.407 e. The lowest BCUT2D eigenvalue weighted by molar-refractivity contribution is -0.115. The Bertz CT molecular complexity index is 1740. The molecule has 2 N–H and O–H groups in total. The molecule has 2 heterocycles. The molecule has 0 spiro atoms. The number of nitrogens with zero attached hydrogens (tertiary/aromatic N) is 4. The molecule has 14 heteroatoms. The number of alkyl carbamates (subject to hydrolysis) is 1. The minimum atomic E-state index is -0.579. The molecule has 12 nitrogen and oxygen atoms in total. The highest BCUT2D eigenvalue weighted by molar-refractivity contribution is 6.42. The topological polar surface area (TPSA) is 135 Å². The zero-order valence-corrected chi connectivity index (χ0v) is 31.5. The summed E-state index contributed by atoms with van der Waals surface area (Å²) in [4.78, 5) is 52.0. The van der Waals surface area contributed by atoms with Crippen molar-refractivity contribution in [3.8, 4) is 11.5 Å². The first-order chi connectivity index (χ1) is 24.3. The molecule has 0 radical (unpaired) electrons. The summed E-state index contributed by atoms with van der Waals surface area (Å²) in [6.45, 7) is 7.56. The number of aryl methyl sites for hydroxylation is 1. The van der Waals surface area contributed by atoms with Crippen LogP contribution in [0.1, 0.15) is 83.2 Å². The van der Waals surface area contributed by atoms with Crippen LogP contribution in [0.15, 0.2) is 36.5 Å². The number of fused-ring (bicyclic) bond motifs is 1. The minimum absolute atomic E-state index is 0.00677. The fraction of sp³-hybridized carbons (Fsp3) is 0.486. The Morgan fingerprint density at radius 2 is 1.75 bits per heavy atom. The molecular weight excluding hydrogens is 695 g/mol. The van der Waals surface area contributed by atoms with Crippen molar-refractivity contribution in [2.75, 3.05) is 29.3 Å². The lowest BCUT2D eigenvalue weighted by atomic mass is 9.81. The molecule has 2 aromatic carbocycles. The van der Waals surface area contributed by atoms with Gasteiger partial charge in [0, 0.05) is 42.4 Å². The first kappa shape index (κ1) is 38.0. The number of rotatable bonds is 11. The van der Waals surface area contributed by atoms with Crippen molar-refractivity contribution in [1.29, 1.82) is 0 Å². The second-order valence-electron chi connectivity index (χ2n) is 13.8. The molecule has 0 saturated heterocycles. The van der Waals surface area contributed by atoms with Crippen molar-refractivity contribution in [1.82, 2.24) is 15.3 Å². The van der Waals surface area contributed by atoms with Gasteiger partial charge in [0.05, 0.1) is 33.0 Å².